The van der Waals surface area contributed by atoms with Gasteiger partial charge < -0.3 is 20.5 Å². The van der Waals surface area contributed by atoms with E-state index in [4.69, 9.17) is 4.74 Å². The van der Waals surface area contributed by atoms with E-state index in [-0.39, 0.29) is 0 Å². The fourth-order valence-electron chi connectivity index (χ4n) is 1.87. The largest absolute Gasteiger partial charge is 0.444 e. The van der Waals surface area contributed by atoms with E-state index in [1.807, 2.05) is 30.3 Å². The number of benzene rings is 1. The van der Waals surface area contributed by atoms with Crippen LogP contribution in [0.1, 0.15) is 26.3 Å². The van der Waals surface area contributed by atoms with Gasteiger partial charge in [0.15, 0.2) is 0 Å². The van der Waals surface area contributed by atoms with Crippen molar-refractivity contribution < 1.29 is 19.4 Å². The highest BCUT2D eigenvalue weighted by Gasteiger charge is 2.25. The highest BCUT2D eigenvalue weighted by molar-refractivity contribution is 5.87. The molecule has 0 aromatic heterocycles. The number of aliphatic hydroxyl groups excluding tert-OH is 1. The Hall–Kier alpha value is -2.34. The first-order chi connectivity index (χ1) is 10.7. The molecule has 0 saturated heterocycles. The van der Waals surface area contributed by atoms with Crippen molar-refractivity contribution in [2.75, 3.05) is 0 Å². The summed E-state index contributed by atoms with van der Waals surface area (Å²) < 4.78 is 5.19. The van der Waals surface area contributed by atoms with Gasteiger partial charge in [-0.15, -0.1) is 0 Å². The minimum atomic E-state index is -1.27. The number of amides is 2. The minimum Gasteiger partial charge on any atom is -0.444 e. The zero-order valence-electron chi connectivity index (χ0n) is 13.7. The van der Waals surface area contributed by atoms with E-state index < -0.39 is 29.9 Å². The minimum absolute atomic E-state index is 0.332. The highest BCUT2D eigenvalue weighted by atomic mass is 16.6. The Balaban J connectivity index is 2.80. The van der Waals surface area contributed by atoms with E-state index in [2.05, 4.69) is 17.2 Å². The summed E-state index contributed by atoms with van der Waals surface area (Å²) in [4.78, 5) is 23.3. The lowest BCUT2D eigenvalue weighted by atomic mass is 10.0. The number of hydrogen-bond donors (Lipinski definition) is 3. The number of alkyl carbamates (subject to hydrolysis) is 1. The van der Waals surface area contributed by atoms with Crippen LogP contribution >= 0.6 is 0 Å². The summed E-state index contributed by atoms with van der Waals surface area (Å²) >= 11 is 0. The van der Waals surface area contributed by atoms with Crippen LogP contribution in [0, 0.1) is 0 Å². The lowest BCUT2D eigenvalue weighted by molar-refractivity contribution is -0.119. The third kappa shape index (κ3) is 7.46. The lowest BCUT2D eigenvalue weighted by Gasteiger charge is -2.27. The highest BCUT2D eigenvalue weighted by Crippen LogP contribution is 2.09. The van der Waals surface area contributed by atoms with Crippen molar-refractivity contribution in [2.45, 2.75) is 45.1 Å². The van der Waals surface area contributed by atoms with Gasteiger partial charge >= 0.3 is 6.09 Å². The molecule has 0 saturated carbocycles. The van der Waals surface area contributed by atoms with E-state index in [1.165, 1.54) is 0 Å². The van der Waals surface area contributed by atoms with Crippen LogP contribution in [-0.4, -0.2) is 35.0 Å². The number of carbonyl (C=O) groups is 2. The van der Waals surface area contributed by atoms with E-state index >= 15 is 0 Å². The Morgan fingerprint density at radius 3 is 2.39 bits per heavy atom. The van der Waals surface area contributed by atoms with Crippen molar-refractivity contribution in [3.05, 3.63) is 48.6 Å². The van der Waals surface area contributed by atoms with Gasteiger partial charge in [0.2, 0.25) is 5.91 Å². The van der Waals surface area contributed by atoms with Crippen LogP contribution < -0.4 is 10.6 Å². The molecule has 0 aliphatic carbocycles. The number of aliphatic hydroxyl groups is 1. The van der Waals surface area contributed by atoms with Crippen LogP contribution in [0.5, 0.6) is 0 Å². The van der Waals surface area contributed by atoms with Crippen molar-refractivity contribution >= 4 is 12.0 Å². The van der Waals surface area contributed by atoms with Crippen LogP contribution in [0.2, 0.25) is 0 Å². The van der Waals surface area contributed by atoms with Gasteiger partial charge in [-0.1, -0.05) is 36.9 Å². The lowest BCUT2D eigenvalue weighted by Crippen LogP contribution is -2.53. The molecule has 0 fully saturated rings. The molecule has 1 unspecified atom stereocenters. The number of rotatable bonds is 6. The van der Waals surface area contributed by atoms with Gasteiger partial charge in [0, 0.05) is 0 Å². The molecule has 126 valence electrons. The molecule has 6 nitrogen and oxygen atoms in total. The van der Waals surface area contributed by atoms with Crippen LogP contribution in [0.3, 0.4) is 0 Å². The first-order valence-electron chi connectivity index (χ1n) is 7.35. The molecule has 3 N–H and O–H groups in total. The molecule has 0 aliphatic rings. The molecule has 2 atom stereocenters. The summed E-state index contributed by atoms with van der Waals surface area (Å²) in [7, 11) is 0. The molecule has 0 spiro atoms. The zero-order chi connectivity index (χ0) is 17.5. The second-order valence-corrected chi connectivity index (χ2v) is 6.10. The molecule has 1 aromatic carbocycles. The zero-order valence-corrected chi connectivity index (χ0v) is 13.7. The van der Waals surface area contributed by atoms with E-state index in [9.17, 15) is 14.7 Å². The summed E-state index contributed by atoms with van der Waals surface area (Å²) in [5.74, 6) is -0.526. The van der Waals surface area contributed by atoms with Gasteiger partial charge in [0.25, 0.3) is 0 Å². The van der Waals surface area contributed by atoms with Gasteiger partial charge in [-0.3, -0.25) is 4.79 Å². The average molecular weight is 320 g/mol. The fraction of sp³-hybridized carbons (Fsp3) is 0.412. The average Bonchev–Trinajstić information content (AvgIpc) is 2.45. The number of carbonyl (C=O) groups excluding carboxylic acids is 2. The third-order valence-electron chi connectivity index (χ3n) is 2.86. The van der Waals surface area contributed by atoms with Crippen molar-refractivity contribution in [3.63, 3.8) is 0 Å². The molecular weight excluding hydrogens is 296 g/mol. The van der Waals surface area contributed by atoms with Crippen molar-refractivity contribution in [2.24, 2.45) is 0 Å². The Kier molecular flexibility index (Phi) is 6.78. The molecule has 1 rings (SSSR count). The SMILES string of the molecule is C=CC(=O)NC(O)[C@H](Cc1ccccc1)NC(=O)OC(C)(C)C. The van der Waals surface area contributed by atoms with Gasteiger partial charge in [-0.05, 0) is 38.8 Å². The second-order valence-electron chi connectivity index (χ2n) is 6.10. The molecule has 23 heavy (non-hydrogen) atoms. The molecule has 0 radical (unpaired) electrons. The second kappa shape index (κ2) is 8.33. The maximum Gasteiger partial charge on any atom is 0.408 e. The summed E-state index contributed by atoms with van der Waals surface area (Å²) in [6.07, 6.45) is -0.548. The Morgan fingerprint density at radius 1 is 1.26 bits per heavy atom. The summed E-state index contributed by atoms with van der Waals surface area (Å²) in [5.41, 5.74) is 0.247. The molecule has 0 bridgehead atoms. The molecule has 0 aliphatic heterocycles. The summed E-state index contributed by atoms with van der Waals surface area (Å²) in [6, 6.07) is 8.58. The van der Waals surface area contributed by atoms with Crippen molar-refractivity contribution in [1.82, 2.24) is 10.6 Å². The summed E-state index contributed by atoms with van der Waals surface area (Å²) in [5, 5.41) is 15.1. The number of hydrogen-bond acceptors (Lipinski definition) is 4. The number of ether oxygens (including phenoxy) is 1. The topological polar surface area (TPSA) is 87.7 Å². The molecule has 6 heteroatoms. The summed E-state index contributed by atoms with van der Waals surface area (Å²) in [6.45, 7) is 8.57. The third-order valence-corrected chi connectivity index (χ3v) is 2.86. The first-order valence-corrected chi connectivity index (χ1v) is 7.35. The van der Waals surface area contributed by atoms with E-state index in [1.54, 1.807) is 20.8 Å². The normalized spacial score (nSPS) is 13.6. The Bertz CT molecular complexity index is 537. The van der Waals surface area contributed by atoms with Crippen LogP contribution in [0.4, 0.5) is 4.79 Å². The molecule has 2 amide bonds. The van der Waals surface area contributed by atoms with E-state index in [0.717, 1.165) is 11.6 Å². The van der Waals surface area contributed by atoms with E-state index in [0.29, 0.717) is 6.42 Å². The van der Waals surface area contributed by atoms with Crippen LogP contribution in [0.25, 0.3) is 0 Å². The predicted octanol–water partition coefficient (Wildman–Crippen LogP) is 1.74. The van der Waals surface area contributed by atoms with Crippen LogP contribution in [0.15, 0.2) is 43.0 Å². The smallest absolute Gasteiger partial charge is 0.408 e. The fourth-order valence-corrected chi connectivity index (χ4v) is 1.87. The van der Waals surface area contributed by atoms with Gasteiger partial charge in [-0.2, -0.15) is 0 Å². The maximum absolute atomic E-state index is 11.9. The Labute approximate surface area is 136 Å². The first kappa shape index (κ1) is 18.7. The Morgan fingerprint density at radius 2 is 1.87 bits per heavy atom. The van der Waals surface area contributed by atoms with Crippen molar-refractivity contribution in [3.8, 4) is 0 Å². The predicted molar refractivity (Wildman–Crippen MR) is 87.7 cm³/mol. The maximum atomic E-state index is 11.9. The quantitative estimate of drug-likeness (QED) is 0.550. The number of nitrogens with one attached hydrogen (secondary N) is 2. The van der Waals surface area contributed by atoms with Gasteiger partial charge in [-0.25, -0.2) is 4.79 Å². The van der Waals surface area contributed by atoms with Gasteiger partial charge in [0.05, 0.1) is 6.04 Å². The molecule has 1 aromatic rings. The van der Waals surface area contributed by atoms with Gasteiger partial charge in [0.1, 0.15) is 11.8 Å². The van der Waals surface area contributed by atoms with Crippen molar-refractivity contribution in [1.29, 1.82) is 0 Å². The standard InChI is InChI=1S/C17H24N2O4/c1-5-14(20)19-15(21)13(11-12-9-7-6-8-10-12)18-16(22)23-17(2,3)4/h5-10,13,15,21H,1,11H2,2-4H3,(H,18,22)(H,19,20)/t13-,15?/m0/s1. The molecule has 0 heterocycles. The molecular formula is C17H24N2O4. The van der Waals surface area contributed by atoms with Crippen LogP contribution in [-0.2, 0) is 16.0 Å². The monoisotopic (exact) mass is 320 g/mol.